The molecular formula is C13H10BrNO3. The van der Waals surface area contributed by atoms with Crippen molar-refractivity contribution in [1.82, 2.24) is 4.98 Å². The van der Waals surface area contributed by atoms with Gasteiger partial charge >= 0.3 is 5.97 Å². The lowest BCUT2D eigenvalue weighted by Gasteiger charge is -2.09. The van der Waals surface area contributed by atoms with Gasteiger partial charge in [0, 0.05) is 10.7 Å². The van der Waals surface area contributed by atoms with Gasteiger partial charge in [0.2, 0.25) is 5.88 Å². The first-order chi connectivity index (χ1) is 8.58. The Kier molecular flexibility index (Phi) is 3.62. The molecule has 0 amide bonds. The number of aryl methyl sites for hydroxylation is 1. The van der Waals surface area contributed by atoms with Crippen molar-refractivity contribution in [3.63, 3.8) is 0 Å². The van der Waals surface area contributed by atoms with Gasteiger partial charge in [-0.3, -0.25) is 0 Å². The van der Waals surface area contributed by atoms with E-state index in [1.807, 2.05) is 19.1 Å². The van der Waals surface area contributed by atoms with E-state index in [4.69, 9.17) is 9.84 Å². The lowest BCUT2D eigenvalue weighted by molar-refractivity contribution is 0.0693. The number of hydrogen-bond donors (Lipinski definition) is 1. The summed E-state index contributed by atoms with van der Waals surface area (Å²) in [5.41, 5.74) is 0.942. The maximum Gasteiger partial charge on any atom is 0.341 e. The van der Waals surface area contributed by atoms with Crippen LogP contribution in [0.25, 0.3) is 0 Å². The number of hydrogen-bond acceptors (Lipinski definition) is 3. The summed E-state index contributed by atoms with van der Waals surface area (Å²) in [7, 11) is 0. The predicted octanol–water partition coefficient (Wildman–Crippen LogP) is 3.64. The Balaban J connectivity index is 2.40. The minimum absolute atomic E-state index is 0.0388. The molecule has 0 spiro atoms. The van der Waals surface area contributed by atoms with Crippen molar-refractivity contribution < 1.29 is 14.6 Å². The topological polar surface area (TPSA) is 59.4 Å². The van der Waals surface area contributed by atoms with Crippen LogP contribution in [0.5, 0.6) is 11.6 Å². The van der Waals surface area contributed by atoms with E-state index in [1.165, 1.54) is 12.3 Å². The third-order valence-electron chi connectivity index (χ3n) is 2.36. The summed E-state index contributed by atoms with van der Waals surface area (Å²) >= 11 is 3.34. The first-order valence-electron chi connectivity index (χ1n) is 5.20. The Morgan fingerprint density at radius 2 is 2.17 bits per heavy atom. The number of nitrogens with zero attached hydrogens (tertiary/aromatic N) is 1. The van der Waals surface area contributed by atoms with Gasteiger partial charge in [-0.05, 0) is 36.8 Å². The van der Waals surface area contributed by atoms with Gasteiger partial charge < -0.3 is 9.84 Å². The second-order valence-electron chi connectivity index (χ2n) is 3.67. The van der Waals surface area contributed by atoms with Crippen molar-refractivity contribution in [2.45, 2.75) is 6.92 Å². The van der Waals surface area contributed by atoms with Crippen molar-refractivity contribution in [3.05, 3.63) is 52.1 Å². The number of halogens is 1. The van der Waals surface area contributed by atoms with Crippen LogP contribution < -0.4 is 4.74 Å². The van der Waals surface area contributed by atoms with E-state index >= 15 is 0 Å². The van der Waals surface area contributed by atoms with E-state index < -0.39 is 5.97 Å². The van der Waals surface area contributed by atoms with E-state index in [0.717, 1.165) is 10.0 Å². The van der Waals surface area contributed by atoms with Crippen LogP contribution in [0.1, 0.15) is 15.9 Å². The fourth-order valence-electron chi connectivity index (χ4n) is 1.42. The van der Waals surface area contributed by atoms with Crippen molar-refractivity contribution in [3.8, 4) is 11.6 Å². The number of benzene rings is 1. The summed E-state index contributed by atoms with van der Waals surface area (Å²) in [5.74, 6) is -0.400. The lowest BCUT2D eigenvalue weighted by Crippen LogP contribution is -2.02. The van der Waals surface area contributed by atoms with E-state index in [0.29, 0.717) is 5.75 Å². The lowest BCUT2D eigenvalue weighted by atomic mass is 10.2. The highest BCUT2D eigenvalue weighted by molar-refractivity contribution is 9.10. The molecule has 92 valence electrons. The molecule has 2 rings (SSSR count). The number of carboxylic acids is 1. The first-order valence-corrected chi connectivity index (χ1v) is 5.99. The fourth-order valence-corrected chi connectivity index (χ4v) is 1.76. The number of carboxylic acid groups (broad SMARTS) is 1. The van der Waals surface area contributed by atoms with Crippen LogP contribution in [0.2, 0.25) is 0 Å². The van der Waals surface area contributed by atoms with Crippen LogP contribution in [-0.4, -0.2) is 16.1 Å². The van der Waals surface area contributed by atoms with Gasteiger partial charge in [0.25, 0.3) is 0 Å². The zero-order chi connectivity index (χ0) is 13.1. The molecule has 1 N–H and O–H groups in total. The third-order valence-corrected chi connectivity index (χ3v) is 2.85. The summed E-state index contributed by atoms with van der Waals surface area (Å²) in [5, 5.41) is 9.04. The van der Waals surface area contributed by atoms with Crippen LogP contribution >= 0.6 is 15.9 Å². The zero-order valence-electron chi connectivity index (χ0n) is 9.55. The summed E-state index contributed by atoms with van der Waals surface area (Å²) in [6.45, 7) is 1.88. The Labute approximate surface area is 112 Å². The van der Waals surface area contributed by atoms with Gasteiger partial charge in [-0.2, -0.15) is 0 Å². The normalized spacial score (nSPS) is 10.1. The van der Waals surface area contributed by atoms with Crippen LogP contribution in [-0.2, 0) is 0 Å². The molecule has 0 bridgehead atoms. The molecule has 0 fully saturated rings. The highest BCUT2D eigenvalue weighted by atomic mass is 79.9. The highest BCUT2D eigenvalue weighted by Crippen LogP contribution is 2.28. The molecule has 0 unspecified atom stereocenters. The molecule has 1 aromatic carbocycles. The van der Waals surface area contributed by atoms with Gasteiger partial charge in [0.1, 0.15) is 11.3 Å². The minimum Gasteiger partial charge on any atom is -0.477 e. The largest absolute Gasteiger partial charge is 0.477 e. The van der Waals surface area contributed by atoms with Gasteiger partial charge in [-0.15, -0.1) is 0 Å². The maximum atomic E-state index is 11.0. The van der Waals surface area contributed by atoms with E-state index in [9.17, 15) is 4.79 Å². The van der Waals surface area contributed by atoms with Crippen molar-refractivity contribution >= 4 is 21.9 Å². The summed E-state index contributed by atoms with van der Waals surface area (Å²) in [4.78, 5) is 15.0. The maximum absolute atomic E-state index is 11.0. The molecule has 0 aliphatic carbocycles. The Morgan fingerprint density at radius 1 is 1.39 bits per heavy atom. The van der Waals surface area contributed by atoms with Crippen LogP contribution in [0, 0.1) is 6.92 Å². The number of rotatable bonds is 3. The van der Waals surface area contributed by atoms with Gasteiger partial charge in [0.05, 0.1) is 0 Å². The molecule has 0 saturated carbocycles. The molecule has 5 heteroatoms. The SMILES string of the molecule is Cc1ccc(Br)cc1Oc1ncccc1C(=O)O. The predicted molar refractivity (Wildman–Crippen MR) is 70.1 cm³/mol. The van der Waals surface area contributed by atoms with E-state index in [2.05, 4.69) is 20.9 Å². The average molecular weight is 308 g/mol. The van der Waals surface area contributed by atoms with Gasteiger partial charge in [0.15, 0.2) is 0 Å². The molecule has 0 radical (unpaired) electrons. The Hall–Kier alpha value is -1.88. The Morgan fingerprint density at radius 3 is 2.89 bits per heavy atom. The van der Waals surface area contributed by atoms with E-state index in [1.54, 1.807) is 12.1 Å². The molecule has 0 saturated heterocycles. The summed E-state index contributed by atoms with van der Waals surface area (Å²) in [6, 6.07) is 8.55. The summed E-state index contributed by atoms with van der Waals surface area (Å²) < 4.78 is 6.42. The first kappa shape index (κ1) is 12.6. The number of ether oxygens (including phenoxy) is 1. The molecule has 0 aliphatic rings. The van der Waals surface area contributed by atoms with Gasteiger partial charge in [-0.25, -0.2) is 9.78 Å². The number of aromatic carboxylic acids is 1. The van der Waals surface area contributed by atoms with Crippen LogP contribution in [0.15, 0.2) is 41.0 Å². The fraction of sp³-hybridized carbons (Fsp3) is 0.0769. The van der Waals surface area contributed by atoms with Crippen molar-refractivity contribution in [1.29, 1.82) is 0 Å². The average Bonchev–Trinajstić information content (AvgIpc) is 2.34. The second kappa shape index (κ2) is 5.18. The van der Waals surface area contributed by atoms with Crippen LogP contribution in [0.3, 0.4) is 0 Å². The molecule has 4 nitrogen and oxygen atoms in total. The second-order valence-corrected chi connectivity index (χ2v) is 4.59. The van der Waals surface area contributed by atoms with Crippen LogP contribution in [0.4, 0.5) is 0 Å². The van der Waals surface area contributed by atoms with E-state index in [-0.39, 0.29) is 11.4 Å². The Bertz CT molecular complexity index is 599. The molecule has 1 aromatic heterocycles. The molecule has 2 aromatic rings. The van der Waals surface area contributed by atoms with Gasteiger partial charge in [-0.1, -0.05) is 22.0 Å². The number of carbonyl (C=O) groups is 1. The molecular weight excluding hydrogens is 298 g/mol. The molecule has 1 heterocycles. The monoisotopic (exact) mass is 307 g/mol. The summed E-state index contributed by atoms with van der Waals surface area (Å²) in [6.07, 6.45) is 1.50. The minimum atomic E-state index is -1.06. The molecule has 0 atom stereocenters. The molecule has 0 aliphatic heterocycles. The van der Waals surface area contributed by atoms with Crippen molar-refractivity contribution in [2.75, 3.05) is 0 Å². The molecule has 18 heavy (non-hydrogen) atoms. The third kappa shape index (κ3) is 2.68. The standard InChI is InChI=1S/C13H10BrNO3/c1-8-4-5-9(14)7-11(8)18-12-10(13(16)17)3-2-6-15-12/h2-7H,1H3,(H,16,17). The smallest absolute Gasteiger partial charge is 0.341 e. The highest BCUT2D eigenvalue weighted by Gasteiger charge is 2.13. The quantitative estimate of drug-likeness (QED) is 0.940. The number of aromatic nitrogens is 1. The zero-order valence-corrected chi connectivity index (χ0v) is 11.1. The number of pyridine rings is 1. The van der Waals surface area contributed by atoms with Crippen molar-refractivity contribution in [2.24, 2.45) is 0 Å².